The van der Waals surface area contributed by atoms with Gasteiger partial charge in [0.1, 0.15) is 0 Å². The zero-order valence-electron chi connectivity index (χ0n) is 27.6. The Morgan fingerprint density at radius 2 is 1.28 bits per heavy atom. The van der Waals surface area contributed by atoms with E-state index in [1.54, 1.807) is 15.3 Å². The van der Waals surface area contributed by atoms with E-state index < -0.39 is 21.3 Å². The molecule has 0 aliphatic heterocycles. The number of fused-ring (bicyclic) bond motifs is 3. The summed E-state index contributed by atoms with van der Waals surface area (Å²) in [6, 6.07) is 30.4. The van der Waals surface area contributed by atoms with Crippen molar-refractivity contribution in [3.63, 3.8) is 0 Å². The van der Waals surface area contributed by atoms with Crippen LogP contribution in [0.15, 0.2) is 109 Å². The van der Waals surface area contributed by atoms with Gasteiger partial charge in [-0.25, -0.2) is 0 Å². The molecule has 0 radical (unpaired) electrons. The predicted molar refractivity (Wildman–Crippen MR) is 209 cm³/mol. The molecule has 2 aliphatic carbocycles. The molecule has 6 rings (SSSR count). The molecule has 2 aliphatic rings. The molecule has 4 aromatic carbocycles. The van der Waals surface area contributed by atoms with Gasteiger partial charge in [0.2, 0.25) is 0 Å². The zero-order valence-corrected chi connectivity index (χ0v) is 34.9. The maximum atomic E-state index is 3.76. The second kappa shape index (κ2) is 15.0. The fourth-order valence-electron chi connectivity index (χ4n) is 6.65. The molecule has 4 aromatic rings. The summed E-state index contributed by atoms with van der Waals surface area (Å²) >= 11 is 4.93. The minimum absolute atomic E-state index is 0. The average Bonchev–Trinajstić information content (AvgIpc) is 3.60. The summed E-state index contributed by atoms with van der Waals surface area (Å²) in [4.78, 5) is 0. The van der Waals surface area contributed by atoms with Crippen molar-refractivity contribution in [1.82, 2.24) is 0 Å². The molecule has 0 aromatic heterocycles. The Morgan fingerprint density at radius 3 is 1.80 bits per heavy atom. The third kappa shape index (κ3) is 8.26. The van der Waals surface area contributed by atoms with Crippen LogP contribution in [0.2, 0.25) is 0 Å². The Morgan fingerprint density at radius 1 is 0.696 bits per heavy atom. The number of hydrogen-bond donors (Lipinski definition) is 0. The van der Waals surface area contributed by atoms with Crippen molar-refractivity contribution >= 4 is 63.2 Å². The molecule has 0 atom stereocenters. The molecule has 0 nitrogen and oxygen atoms in total. The summed E-state index contributed by atoms with van der Waals surface area (Å²) in [7, 11) is 0. The van der Waals surface area contributed by atoms with Crippen molar-refractivity contribution in [2.24, 2.45) is 0 Å². The Balaban J connectivity index is 0.00000240. The molecule has 0 fully saturated rings. The van der Waals surface area contributed by atoms with E-state index in [0.717, 1.165) is 34.6 Å². The monoisotopic (exact) mass is 854 g/mol. The number of allylic oxidation sites excluding steroid dienone is 4. The zero-order chi connectivity index (χ0) is 31.2. The van der Waals surface area contributed by atoms with Gasteiger partial charge in [-0.1, -0.05) is 0 Å². The molecular formula is C41H44Br2Cl2Zr. The summed E-state index contributed by atoms with van der Waals surface area (Å²) in [6.45, 7) is 14.1. The van der Waals surface area contributed by atoms with E-state index in [0.29, 0.717) is 0 Å². The van der Waals surface area contributed by atoms with Crippen molar-refractivity contribution in [1.29, 1.82) is 0 Å². The molecule has 0 amide bonds. The molecule has 0 bridgehead atoms. The topological polar surface area (TPSA) is 0 Å². The van der Waals surface area contributed by atoms with Gasteiger partial charge >= 0.3 is 291 Å². The van der Waals surface area contributed by atoms with Crippen molar-refractivity contribution in [2.75, 3.05) is 0 Å². The first-order chi connectivity index (χ1) is 20.9. The number of hydrogen-bond acceptors (Lipinski definition) is 0. The van der Waals surface area contributed by atoms with Gasteiger partial charge in [0.15, 0.2) is 0 Å². The quantitative estimate of drug-likeness (QED) is 0.160. The Labute approximate surface area is 313 Å². The third-order valence-corrected chi connectivity index (χ3v) is 17.6. The van der Waals surface area contributed by atoms with Crippen molar-refractivity contribution < 1.29 is 21.3 Å². The first-order valence-electron chi connectivity index (χ1n) is 15.8. The molecule has 240 valence electrons. The molecule has 0 saturated carbocycles. The Hall–Kier alpha value is -1.35. The van der Waals surface area contributed by atoms with Crippen LogP contribution in [0, 0.1) is 0 Å². The maximum absolute atomic E-state index is 3.76. The minimum Gasteiger partial charge on any atom is -0.147 e. The van der Waals surface area contributed by atoms with Crippen LogP contribution in [-0.4, -0.2) is 3.21 Å². The Kier molecular flexibility index (Phi) is 12.3. The van der Waals surface area contributed by atoms with Crippen LogP contribution in [0.5, 0.6) is 0 Å². The van der Waals surface area contributed by atoms with Crippen LogP contribution in [0.4, 0.5) is 0 Å². The Bertz CT molecular complexity index is 1800. The second-order valence-corrected chi connectivity index (χ2v) is 22.8. The van der Waals surface area contributed by atoms with E-state index >= 15 is 0 Å². The van der Waals surface area contributed by atoms with Gasteiger partial charge < -0.3 is 0 Å². The minimum atomic E-state index is -2.60. The van der Waals surface area contributed by atoms with Gasteiger partial charge in [-0.15, -0.1) is 24.8 Å². The summed E-state index contributed by atoms with van der Waals surface area (Å²) < 4.78 is 7.46. The first-order valence-corrected chi connectivity index (χ1v) is 21.0. The third-order valence-electron chi connectivity index (χ3n) is 9.08. The normalized spacial score (nSPS) is 13.3. The van der Waals surface area contributed by atoms with Gasteiger partial charge in [-0.3, -0.25) is 0 Å². The van der Waals surface area contributed by atoms with Crippen molar-refractivity contribution in [3.05, 3.63) is 143 Å². The molecule has 0 saturated heterocycles. The standard InChI is InChI=1S/C21H25.C15H12Br2.C5H5.2ClH.Zr/c1-20(2,3)16-9-7-14-11-15-8-10-17(21(4,5)6)13-19(15)18(14)12-16;16-14-8-2-6-12(10-14)4-1-5-13-7-3-9-15(17)11-13;1-2-4-5-3-1;;;/h7,9-10,12-13H,11H2,1-6H3;2-3,6-11H,4-5H2;1-3H,4H2;2*1H;. The van der Waals surface area contributed by atoms with Gasteiger partial charge in [0.25, 0.3) is 0 Å². The van der Waals surface area contributed by atoms with E-state index in [1.165, 1.54) is 38.9 Å². The smallest absolute Gasteiger partial charge is 0.147 e. The molecule has 5 heteroatoms. The van der Waals surface area contributed by atoms with Crippen LogP contribution in [0.25, 0.3) is 11.1 Å². The molecule has 0 spiro atoms. The molecule has 46 heavy (non-hydrogen) atoms. The summed E-state index contributed by atoms with van der Waals surface area (Å²) in [5.41, 5.74) is 11.9. The summed E-state index contributed by atoms with van der Waals surface area (Å²) in [6.07, 6.45) is 11.3. The van der Waals surface area contributed by atoms with E-state index in [1.807, 2.05) is 0 Å². The van der Waals surface area contributed by atoms with Crippen LogP contribution in [-0.2, 0) is 51.4 Å². The van der Waals surface area contributed by atoms with Crippen LogP contribution < -0.4 is 3.27 Å². The van der Waals surface area contributed by atoms with Crippen molar-refractivity contribution in [3.8, 4) is 11.1 Å². The average molecular weight is 859 g/mol. The van der Waals surface area contributed by atoms with Crippen LogP contribution in [0.1, 0.15) is 81.3 Å². The van der Waals surface area contributed by atoms with Gasteiger partial charge in [0, 0.05) is 0 Å². The fraction of sp³-hybridized carbons (Fsp3) is 0.293. The largest absolute Gasteiger partial charge is 0.147 e. The SMILES string of the molecule is CC(C)(C)c1ccc2c(c1)-c1cc(C(C)(C)C)c[c]([Zr]([C]3=CC=CC3)=[C](Cc3cccc(Br)c3)Cc3cccc(Br)c3)c1C2.Cl.Cl. The number of benzene rings is 4. The maximum Gasteiger partial charge on any atom is -0.147 e. The van der Waals surface area contributed by atoms with E-state index in [4.69, 9.17) is 0 Å². The van der Waals surface area contributed by atoms with E-state index in [-0.39, 0.29) is 35.6 Å². The predicted octanol–water partition coefficient (Wildman–Crippen LogP) is 12.0. The van der Waals surface area contributed by atoms with Gasteiger partial charge in [0.05, 0.1) is 0 Å². The van der Waals surface area contributed by atoms with Gasteiger partial charge in [-0.05, 0) is 0 Å². The fourth-order valence-corrected chi connectivity index (χ4v) is 15.8. The van der Waals surface area contributed by atoms with E-state index in [9.17, 15) is 0 Å². The van der Waals surface area contributed by atoms with Gasteiger partial charge in [-0.2, -0.15) is 0 Å². The molecule has 0 heterocycles. The van der Waals surface area contributed by atoms with Crippen LogP contribution >= 0.6 is 56.7 Å². The van der Waals surface area contributed by atoms with Crippen LogP contribution in [0.3, 0.4) is 0 Å². The summed E-state index contributed by atoms with van der Waals surface area (Å²) in [5.74, 6) is 0. The molecule has 0 N–H and O–H groups in total. The molecule has 0 unspecified atom stereocenters. The second-order valence-electron chi connectivity index (χ2n) is 14.5. The first kappa shape index (κ1) is 37.5. The number of halogens is 4. The number of rotatable bonds is 6. The van der Waals surface area contributed by atoms with E-state index in [2.05, 4.69) is 170 Å². The summed E-state index contributed by atoms with van der Waals surface area (Å²) in [5, 5.41) is 0. The molecular weight excluding hydrogens is 814 g/mol. The van der Waals surface area contributed by atoms with Crippen molar-refractivity contribution in [2.45, 2.75) is 78.1 Å².